The van der Waals surface area contributed by atoms with E-state index in [0.717, 1.165) is 22.3 Å². The van der Waals surface area contributed by atoms with Crippen molar-refractivity contribution in [2.24, 2.45) is 5.92 Å². The van der Waals surface area contributed by atoms with Gasteiger partial charge in [0.2, 0.25) is 5.91 Å². The number of hydrogen-bond donors (Lipinski definition) is 2. The number of thioether (sulfide) groups is 1. The lowest BCUT2D eigenvalue weighted by Gasteiger charge is -2.28. The maximum absolute atomic E-state index is 12.7. The summed E-state index contributed by atoms with van der Waals surface area (Å²) in [7, 11) is 0. The highest BCUT2D eigenvalue weighted by Gasteiger charge is 2.42. The Morgan fingerprint density at radius 2 is 1.74 bits per heavy atom. The number of ether oxygens (including phenoxy) is 1. The van der Waals surface area contributed by atoms with Crippen molar-refractivity contribution in [3.8, 4) is 11.1 Å². The molecule has 8 heteroatoms. The number of carboxylic acids is 1. The second-order valence-corrected chi connectivity index (χ2v) is 9.83. The highest BCUT2D eigenvalue weighted by atomic mass is 32.2. The number of nitrogens with one attached hydrogen (secondary N) is 1. The van der Waals surface area contributed by atoms with Crippen LogP contribution in [-0.4, -0.2) is 58.3 Å². The second-order valence-electron chi connectivity index (χ2n) is 8.68. The van der Waals surface area contributed by atoms with Gasteiger partial charge in [-0.05, 0) is 28.2 Å². The summed E-state index contributed by atoms with van der Waals surface area (Å²) in [6, 6.07) is 15.4. The van der Waals surface area contributed by atoms with Gasteiger partial charge in [-0.15, -0.1) is 11.8 Å². The molecule has 178 valence electrons. The monoisotopic (exact) mass is 480 g/mol. The van der Waals surface area contributed by atoms with Crippen molar-refractivity contribution in [2.75, 3.05) is 18.9 Å². The van der Waals surface area contributed by atoms with E-state index in [1.54, 1.807) is 0 Å². The van der Waals surface area contributed by atoms with E-state index in [-0.39, 0.29) is 36.3 Å². The van der Waals surface area contributed by atoms with Gasteiger partial charge in [-0.25, -0.2) is 9.59 Å². The van der Waals surface area contributed by atoms with E-state index >= 15 is 0 Å². The fourth-order valence-electron chi connectivity index (χ4n) is 4.55. The summed E-state index contributed by atoms with van der Waals surface area (Å²) in [4.78, 5) is 37.9. The molecule has 0 bridgehead atoms. The van der Waals surface area contributed by atoms with E-state index in [1.165, 1.54) is 28.8 Å². The van der Waals surface area contributed by atoms with E-state index in [9.17, 15) is 19.5 Å². The molecule has 1 heterocycles. The molecular formula is C26H28N2O5S. The predicted molar refractivity (Wildman–Crippen MR) is 132 cm³/mol. The standard InChI is InChI=1S/C26H28N2O5S/c1-16(2)24-28(22(15-34-24)25(30)31)23(29)12-7-13-27-26(32)33-14-21-19-10-5-3-8-17(19)18-9-4-6-11-20(18)21/h3-12,16,21-22,24H,13-15H2,1-2H3,(H,27,32)(H,30,31)/b12-7+. The van der Waals surface area contributed by atoms with Crippen LogP contribution in [0.1, 0.15) is 30.9 Å². The summed E-state index contributed by atoms with van der Waals surface area (Å²) in [5.74, 6) is -0.899. The van der Waals surface area contributed by atoms with Crippen LogP contribution < -0.4 is 5.32 Å². The lowest BCUT2D eigenvalue weighted by molar-refractivity contribution is -0.147. The number of nitrogens with zero attached hydrogens (tertiary/aromatic N) is 1. The summed E-state index contributed by atoms with van der Waals surface area (Å²) in [6.45, 7) is 4.24. The fourth-order valence-corrected chi connectivity index (χ4v) is 6.03. The number of rotatable bonds is 7. The Balaban J connectivity index is 1.30. The fraction of sp³-hybridized carbons (Fsp3) is 0.346. The summed E-state index contributed by atoms with van der Waals surface area (Å²) in [6.07, 6.45) is 2.27. The molecule has 4 rings (SSSR count). The van der Waals surface area contributed by atoms with Crippen LogP contribution in [0, 0.1) is 5.92 Å². The van der Waals surface area contributed by atoms with E-state index in [1.807, 2.05) is 38.1 Å². The molecule has 0 aromatic heterocycles. The van der Waals surface area contributed by atoms with Crippen LogP contribution in [-0.2, 0) is 14.3 Å². The van der Waals surface area contributed by atoms with Crippen LogP contribution in [0.4, 0.5) is 4.79 Å². The number of amides is 2. The smallest absolute Gasteiger partial charge is 0.407 e. The molecule has 0 saturated carbocycles. The van der Waals surface area contributed by atoms with Crippen LogP contribution >= 0.6 is 11.8 Å². The SMILES string of the molecule is CC(C)C1SCC(C(=O)O)N1C(=O)/C=C/CNC(=O)OCC1c2ccccc2-c2ccccc21. The Hall–Kier alpha value is -3.26. The Kier molecular flexibility index (Phi) is 7.26. The molecule has 1 fully saturated rings. The maximum Gasteiger partial charge on any atom is 0.407 e. The van der Waals surface area contributed by atoms with Gasteiger partial charge in [0.1, 0.15) is 12.6 Å². The quantitative estimate of drug-likeness (QED) is 0.580. The first-order valence-electron chi connectivity index (χ1n) is 11.3. The Morgan fingerprint density at radius 3 is 2.32 bits per heavy atom. The Morgan fingerprint density at radius 1 is 1.12 bits per heavy atom. The van der Waals surface area contributed by atoms with Gasteiger partial charge in [0.15, 0.2) is 0 Å². The lowest BCUT2D eigenvalue weighted by Crippen LogP contribution is -2.46. The highest BCUT2D eigenvalue weighted by Crippen LogP contribution is 2.44. The number of aliphatic carboxylic acids is 1. The Labute approximate surface area is 203 Å². The molecule has 2 unspecified atom stereocenters. The van der Waals surface area contributed by atoms with Gasteiger partial charge >= 0.3 is 12.1 Å². The van der Waals surface area contributed by atoms with Crippen molar-refractivity contribution in [1.82, 2.24) is 10.2 Å². The number of hydrogen-bond acceptors (Lipinski definition) is 5. The third kappa shape index (κ3) is 4.82. The predicted octanol–water partition coefficient (Wildman–Crippen LogP) is 4.09. The van der Waals surface area contributed by atoms with Crippen molar-refractivity contribution in [3.63, 3.8) is 0 Å². The number of carbonyl (C=O) groups excluding carboxylic acids is 2. The van der Waals surface area contributed by atoms with Crippen LogP contribution in [0.2, 0.25) is 0 Å². The van der Waals surface area contributed by atoms with Crippen LogP contribution in [0.15, 0.2) is 60.7 Å². The van der Waals surface area contributed by atoms with Crippen LogP contribution in [0.5, 0.6) is 0 Å². The topological polar surface area (TPSA) is 95.9 Å². The zero-order valence-electron chi connectivity index (χ0n) is 19.1. The number of alkyl carbamates (subject to hydrolysis) is 1. The molecule has 2 N–H and O–H groups in total. The molecule has 2 amide bonds. The van der Waals surface area contributed by atoms with Gasteiger partial charge in [-0.1, -0.05) is 68.5 Å². The first-order valence-corrected chi connectivity index (χ1v) is 12.4. The van der Waals surface area contributed by atoms with Gasteiger partial charge in [0.25, 0.3) is 0 Å². The van der Waals surface area contributed by atoms with Crippen molar-refractivity contribution in [2.45, 2.75) is 31.2 Å². The van der Waals surface area contributed by atoms with Crippen molar-refractivity contribution >= 4 is 29.7 Å². The minimum atomic E-state index is -1.01. The normalized spacial score (nSPS) is 19.3. The van der Waals surface area contributed by atoms with E-state index in [4.69, 9.17) is 4.74 Å². The highest BCUT2D eigenvalue weighted by molar-refractivity contribution is 8.00. The molecule has 1 saturated heterocycles. The molecule has 2 aliphatic rings. The first kappa shape index (κ1) is 23.9. The van der Waals surface area contributed by atoms with Gasteiger partial charge in [0, 0.05) is 24.3 Å². The largest absolute Gasteiger partial charge is 0.480 e. The van der Waals surface area contributed by atoms with Crippen molar-refractivity contribution in [1.29, 1.82) is 0 Å². The van der Waals surface area contributed by atoms with E-state index in [2.05, 4.69) is 29.6 Å². The number of carboxylic acid groups (broad SMARTS) is 1. The van der Waals surface area contributed by atoms with E-state index in [0.29, 0.717) is 5.75 Å². The van der Waals surface area contributed by atoms with Crippen LogP contribution in [0.25, 0.3) is 11.1 Å². The molecule has 0 spiro atoms. The average Bonchev–Trinajstić information content (AvgIpc) is 3.41. The molecule has 2 aromatic carbocycles. The zero-order valence-corrected chi connectivity index (χ0v) is 20.0. The second kappa shape index (κ2) is 10.3. The molecule has 7 nitrogen and oxygen atoms in total. The van der Waals surface area contributed by atoms with Crippen molar-refractivity contribution in [3.05, 3.63) is 71.8 Å². The molecule has 34 heavy (non-hydrogen) atoms. The van der Waals surface area contributed by atoms with Gasteiger partial charge in [-0.3, -0.25) is 4.79 Å². The third-order valence-electron chi connectivity index (χ3n) is 6.11. The minimum absolute atomic E-state index is 0.0242. The number of benzene rings is 2. The molecule has 1 aliphatic heterocycles. The molecular weight excluding hydrogens is 452 g/mol. The molecule has 0 radical (unpaired) electrons. The Bertz CT molecular complexity index is 1070. The summed E-state index contributed by atoms with van der Waals surface area (Å²) in [5, 5.41) is 11.9. The molecule has 1 aliphatic carbocycles. The lowest BCUT2D eigenvalue weighted by atomic mass is 9.98. The molecule has 2 atom stereocenters. The summed E-state index contributed by atoms with van der Waals surface area (Å²) in [5.41, 5.74) is 4.59. The zero-order chi connectivity index (χ0) is 24.2. The van der Waals surface area contributed by atoms with Gasteiger partial charge < -0.3 is 20.1 Å². The van der Waals surface area contributed by atoms with Crippen LogP contribution in [0.3, 0.4) is 0 Å². The van der Waals surface area contributed by atoms with Gasteiger partial charge in [0.05, 0.1) is 5.37 Å². The minimum Gasteiger partial charge on any atom is -0.480 e. The third-order valence-corrected chi connectivity index (χ3v) is 7.73. The average molecular weight is 481 g/mol. The maximum atomic E-state index is 12.7. The number of fused-ring (bicyclic) bond motifs is 3. The number of carbonyl (C=O) groups is 3. The van der Waals surface area contributed by atoms with Gasteiger partial charge in [-0.2, -0.15) is 0 Å². The summed E-state index contributed by atoms with van der Waals surface area (Å²) >= 11 is 1.48. The van der Waals surface area contributed by atoms with Crippen molar-refractivity contribution < 1.29 is 24.2 Å². The first-order chi connectivity index (χ1) is 16.4. The molecule has 2 aromatic rings. The summed E-state index contributed by atoms with van der Waals surface area (Å²) < 4.78 is 5.48. The van der Waals surface area contributed by atoms with E-state index < -0.39 is 18.1 Å².